The van der Waals surface area contributed by atoms with Crippen LogP contribution < -0.4 is 5.73 Å². The van der Waals surface area contributed by atoms with E-state index in [2.05, 4.69) is 35.7 Å². The zero-order valence-corrected chi connectivity index (χ0v) is 12.3. The van der Waals surface area contributed by atoms with Crippen molar-refractivity contribution in [2.24, 2.45) is 11.8 Å². The summed E-state index contributed by atoms with van der Waals surface area (Å²) < 4.78 is 2.34. The highest BCUT2D eigenvalue weighted by atomic mass is 15.1. The van der Waals surface area contributed by atoms with Gasteiger partial charge in [-0.25, -0.2) is 4.98 Å². The number of nitrogen functional groups attached to an aromatic ring is 1. The van der Waals surface area contributed by atoms with E-state index in [0.717, 1.165) is 28.9 Å². The van der Waals surface area contributed by atoms with Crippen LogP contribution >= 0.6 is 0 Å². The lowest BCUT2D eigenvalue weighted by Gasteiger charge is -2.33. The number of imidazole rings is 1. The molecule has 0 bridgehead atoms. The van der Waals surface area contributed by atoms with Crippen LogP contribution in [0.3, 0.4) is 0 Å². The zero-order valence-electron chi connectivity index (χ0n) is 12.3. The Balaban J connectivity index is 1.91. The monoisotopic (exact) mass is 269 g/mol. The molecular formula is C17H23N3. The zero-order chi connectivity index (χ0) is 14.1. The molecule has 20 heavy (non-hydrogen) atoms. The minimum atomic E-state index is 0.570. The van der Waals surface area contributed by atoms with Crippen LogP contribution in [0.15, 0.2) is 36.7 Å². The van der Waals surface area contributed by atoms with Crippen molar-refractivity contribution < 1.29 is 0 Å². The Labute approximate surface area is 120 Å². The van der Waals surface area contributed by atoms with Crippen molar-refractivity contribution in [3.05, 3.63) is 36.7 Å². The maximum Gasteiger partial charge on any atom is 0.140 e. The number of benzene rings is 1. The third kappa shape index (κ3) is 2.45. The third-order valence-corrected chi connectivity index (χ3v) is 4.78. The molecule has 0 radical (unpaired) electrons. The molecule has 1 aromatic heterocycles. The normalized spacial score (nSPS) is 26.6. The lowest BCUT2D eigenvalue weighted by Crippen LogP contribution is -2.23. The quantitative estimate of drug-likeness (QED) is 0.833. The van der Waals surface area contributed by atoms with Crippen molar-refractivity contribution in [3.63, 3.8) is 0 Å². The summed E-state index contributed by atoms with van der Waals surface area (Å²) in [5.41, 5.74) is 7.80. The topological polar surface area (TPSA) is 43.8 Å². The van der Waals surface area contributed by atoms with E-state index in [9.17, 15) is 0 Å². The molecule has 2 aromatic rings. The Morgan fingerprint density at radius 3 is 2.80 bits per heavy atom. The van der Waals surface area contributed by atoms with Gasteiger partial charge in [-0.2, -0.15) is 0 Å². The van der Waals surface area contributed by atoms with Crippen molar-refractivity contribution in [2.75, 3.05) is 5.73 Å². The highest BCUT2D eigenvalue weighted by Crippen LogP contribution is 2.38. The average molecular weight is 269 g/mol. The Morgan fingerprint density at radius 2 is 2.05 bits per heavy atom. The van der Waals surface area contributed by atoms with E-state index in [4.69, 9.17) is 5.73 Å². The molecule has 3 heteroatoms. The molecule has 3 unspecified atom stereocenters. The standard InChI is InChI=1S/C17H23N3/c1-12-6-7-16(10-13(12)2)20-9-8-19-17(20)14-4-3-5-15(18)11-14/h3-5,8-9,11-13,16H,6-7,10,18H2,1-2H3. The van der Waals surface area contributed by atoms with Crippen LogP contribution in [0, 0.1) is 11.8 Å². The van der Waals surface area contributed by atoms with E-state index in [0.29, 0.717) is 6.04 Å². The van der Waals surface area contributed by atoms with Crippen LogP contribution in [0.1, 0.15) is 39.2 Å². The van der Waals surface area contributed by atoms with Gasteiger partial charge in [0.15, 0.2) is 0 Å². The second-order valence-corrected chi connectivity index (χ2v) is 6.21. The first-order chi connectivity index (χ1) is 9.65. The van der Waals surface area contributed by atoms with Gasteiger partial charge in [0.25, 0.3) is 0 Å². The molecule has 3 nitrogen and oxygen atoms in total. The van der Waals surface area contributed by atoms with E-state index in [1.54, 1.807) is 0 Å². The maximum absolute atomic E-state index is 5.90. The van der Waals surface area contributed by atoms with Gasteiger partial charge in [0, 0.05) is 29.7 Å². The van der Waals surface area contributed by atoms with Crippen LogP contribution in [-0.2, 0) is 0 Å². The summed E-state index contributed by atoms with van der Waals surface area (Å²) in [7, 11) is 0. The van der Waals surface area contributed by atoms with E-state index >= 15 is 0 Å². The molecule has 3 rings (SSSR count). The second kappa shape index (κ2) is 5.31. The summed E-state index contributed by atoms with van der Waals surface area (Å²) in [6.45, 7) is 4.74. The number of nitrogens with zero attached hydrogens (tertiary/aromatic N) is 2. The van der Waals surface area contributed by atoms with Crippen molar-refractivity contribution in [1.82, 2.24) is 9.55 Å². The van der Waals surface area contributed by atoms with Gasteiger partial charge in [-0.15, -0.1) is 0 Å². The van der Waals surface area contributed by atoms with E-state index < -0.39 is 0 Å². The van der Waals surface area contributed by atoms with Crippen LogP contribution in [-0.4, -0.2) is 9.55 Å². The molecule has 2 N–H and O–H groups in total. The van der Waals surface area contributed by atoms with Crippen molar-refractivity contribution in [3.8, 4) is 11.4 Å². The summed E-state index contributed by atoms with van der Waals surface area (Å²) in [6.07, 6.45) is 7.82. The Morgan fingerprint density at radius 1 is 1.20 bits per heavy atom. The molecule has 0 saturated heterocycles. The van der Waals surface area contributed by atoms with Crippen LogP contribution in [0.4, 0.5) is 5.69 Å². The fourth-order valence-electron chi connectivity index (χ4n) is 3.28. The number of anilines is 1. The van der Waals surface area contributed by atoms with E-state index in [1.165, 1.54) is 19.3 Å². The summed E-state index contributed by atoms with van der Waals surface area (Å²) in [6, 6.07) is 8.58. The van der Waals surface area contributed by atoms with Crippen molar-refractivity contribution >= 4 is 5.69 Å². The molecule has 1 aliphatic rings. The minimum absolute atomic E-state index is 0.570. The molecule has 1 aromatic carbocycles. The summed E-state index contributed by atoms with van der Waals surface area (Å²) in [5, 5.41) is 0. The van der Waals surface area contributed by atoms with Crippen molar-refractivity contribution in [1.29, 1.82) is 0 Å². The fraction of sp³-hybridized carbons (Fsp3) is 0.471. The first-order valence-electron chi connectivity index (χ1n) is 7.54. The summed E-state index contributed by atoms with van der Waals surface area (Å²) in [4.78, 5) is 4.55. The van der Waals surface area contributed by atoms with E-state index in [-0.39, 0.29) is 0 Å². The van der Waals surface area contributed by atoms with Gasteiger partial charge in [0.1, 0.15) is 5.82 Å². The number of hydrogen-bond donors (Lipinski definition) is 1. The molecule has 1 saturated carbocycles. The molecule has 0 aliphatic heterocycles. The fourth-order valence-corrected chi connectivity index (χ4v) is 3.28. The third-order valence-electron chi connectivity index (χ3n) is 4.78. The van der Waals surface area contributed by atoms with Gasteiger partial charge < -0.3 is 10.3 Å². The lowest BCUT2D eigenvalue weighted by atomic mass is 9.79. The lowest BCUT2D eigenvalue weighted by molar-refractivity contribution is 0.211. The number of aromatic nitrogens is 2. The predicted octanol–water partition coefficient (Wildman–Crippen LogP) is 4.13. The van der Waals surface area contributed by atoms with E-state index in [1.807, 2.05) is 24.4 Å². The Hall–Kier alpha value is -1.77. The second-order valence-electron chi connectivity index (χ2n) is 6.21. The molecule has 1 heterocycles. The minimum Gasteiger partial charge on any atom is -0.399 e. The number of nitrogens with two attached hydrogens (primary N) is 1. The summed E-state index contributed by atoms with van der Waals surface area (Å²) in [5.74, 6) is 2.67. The van der Waals surface area contributed by atoms with Gasteiger partial charge in [0.05, 0.1) is 0 Å². The predicted molar refractivity (Wildman–Crippen MR) is 83.3 cm³/mol. The van der Waals surface area contributed by atoms with Crippen LogP contribution in [0.2, 0.25) is 0 Å². The van der Waals surface area contributed by atoms with Gasteiger partial charge in [-0.1, -0.05) is 26.0 Å². The SMILES string of the molecule is CC1CCC(n2ccnc2-c2cccc(N)c2)CC1C. The van der Waals surface area contributed by atoms with Gasteiger partial charge in [-0.05, 0) is 43.2 Å². The molecule has 1 fully saturated rings. The molecule has 3 atom stereocenters. The van der Waals surface area contributed by atoms with Gasteiger partial charge in [0.2, 0.25) is 0 Å². The summed E-state index contributed by atoms with van der Waals surface area (Å²) >= 11 is 0. The molecule has 1 aliphatic carbocycles. The Bertz CT molecular complexity index is 587. The number of hydrogen-bond acceptors (Lipinski definition) is 2. The van der Waals surface area contributed by atoms with Crippen molar-refractivity contribution in [2.45, 2.75) is 39.2 Å². The molecular weight excluding hydrogens is 246 g/mol. The Kier molecular flexibility index (Phi) is 3.51. The van der Waals surface area contributed by atoms with Gasteiger partial charge >= 0.3 is 0 Å². The molecule has 0 spiro atoms. The highest BCUT2D eigenvalue weighted by molar-refractivity contribution is 5.61. The molecule has 0 amide bonds. The smallest absolute Gasteiger partial charge is 0.140 e. The molecule has 106 valence electrons. The van der Waals surface area contributed by atoms with Crippen LogP contribution in [0.5, 0.6) is 0 Å². The largest absolute Gasteiger partial charge is 0.399 e. The average Bonchev–Trinajstić information content (AvgIpc) is 2.91. The first kappa shape index (κ1) is 13.2. The highest BCUT2D eigenvalue weighted by Gasteiger charge is 2.26. The van der Waals surface area contributed by atoms with Gasteiger partial charge in [-0.3, -0.25) is 0 Å². The number of rotatable bonds is 2. The maximum atomic E-state index is 5.90. The first-order valence-corrected chi connectivity index (χ1v) is 7.54. The van der Waals surface area contributed by atoms with Crippen LogP contribution in [0.25, 0.3) is 11.4 Å².